The highest BCUT2D eigenvalue weighted by atomic mass is 16.5. The molecule has 1 aromatic heterocycles. The van der Waals surface area contributed by atoms with Gasteiger partial charge in [-0.25, -0.2) is 4.79 Å². The topological polar surface area (TPSA) is 68.3 Å². The average molecular weight is 296 g/mol. The average Bonchev–Trinajstić information content (AvgIpc) is 2.54. The molecule has 1 unspecified atom stereocenters. The van der Waals surface area contributed by atoms with E-state index < -0.39 is 12.1 Å². The monoisotopic (exact) mass is 296 g/mol. The van der Waals surface area contributed by atoms with Crippen LogP contribution in [0.15, 0.2) is 42.6 Å². The van der Waals surface area contributed by atoms with Crippen LogP contribution in [0.5, 0.6) is 0 Å². The molecule has 5 nitrogen and oxygen atoms in total. The van der Waals surface area contributed by atoms with Crippen molar-refractivity contribution in [3.8, 4) is 0 Å². The van der Waals surface area contributed by atoms with Gasteiger partial charge in [-0.1, -0.05) is 24.3 Å². The van der Waals surface area contributed by atoms with Crippen molar-refractivity contribution in [1.29, 1.82) is 0 Å². The Kier molecular flexibility index (Phi) is 3.87. The number of cyclic esters (lactones) is 1. The summed E-state index contributed by atoms with van der Waals surface area (Å²) >= 11 is 0. The molecule has 1 N–H and O–H groups in total. The van der Waals surface area contributed by atoms with E-state index in [1.165, 1.54) is 0 Å². The number of hydrogen-bond donors (Lipinski definition) is 1. The van der Waals surface area contributed by atoms with E-state index in [-0.39, 0.29) is 5.91 Å². The van der Waals surface area contributed by atoms with Crippen molar-refractivity contribution >= 4 is 11.9 Å². The van der Waals surface area contributed by atoms with Crippen molar-refractivity contribution in [2.24, 2.45) is 0 Å². The van der Waals surface area contributed by atoms with Crippen molar-refractivity contribution in [3.05, 3.63) is 65.0 Å². The molecule has 0 radical (unpaired) electrons. The molecular formula is C17H16N2O3. The van der Waals surface area contributed by atoms with Gasteiger partial charge in [0, 0.05) is 24.9 Å². The maximum atomic E-state index is 12.2. The summed E-state index contributed by atoms with van der Waals surface area (Å²) in [6.45, 7) is 2.27. The number of pyridine rings is 1. The zero-order chi connectivity index (χ0) is 15.5. The minimum absolute atomic E-state index is 0.288. The molecule has 0 fully saturated rings. The van der Waals surface area contributed by atoms with Gasteiger partial charge in [-0.15, -0.1) is 0 Å². The number of ether oxygens (including phenoxy) is 1. The molecule has 1 aliphatic rings. The lowest BCUT2D eigenvalue weighted by Crippen LogP contribution is -2.41. The van der Waals surface area contributed by atoms with E-state index in [1.807, 2.05) is 31.2 Å². The van der Waals surface area contributed by atoms with Crippen LogP contribution in [0.1, 0.15) is 27.2 Å². The van der Waals surface area contributed by atoms with Gasteiger partial charge in [0.2, 0.25) is 0 Å². The second-order valence-corrected chi connectivity index (χ2v) is 5.28. The molecule has 1 amide bonds. The fourth-order valence-electron chi connectivity index (χ4n) is 2.38. The molecule has 5 heteroatoms. The molecule has 0 saturated carbocycles. The number of benzene rings is 1. The summed E-state index contributed by atoms with van der Waals surface area (Å²) in [5.74, 6) is -0.734. The molecule has 0 aliphatic carbocycles. The van der Waals surface area contributed by atoms with Gasteiger partial charge in [0.05, 0.1) is 5.56 Å². The SMILES string of the molecule is Cc1ccc(CNC(=O)C2Cc3ccccc3C(=O)O2)cn1. The quantitative estimate of drug-likeness (QED) is 0.877. The lowest BCUT2D eigenvalue weighted by Gasteiger charge is -2.23. The number of carbonyl (C=O) groups excluding carboxylic acids is 2. The van der Waals surface area contributed by atoms with Crippen molar-refractivity contribution < 1.29 is 14.3 Å². The van der Waals surface area contributed by atoms with Gasteiger partial charge in [0.25, 0.3) is 5.91 Å². The van der Waals surface area contributed by atoms with Crippen molar-refractivity contribution in [3.63, 3.8) is 0 Å². The minimum Gasteiger partial charge on any atom is -0.448 e. The fraction of sp³-hybridized carbons (Fsp3) is 0.235. The summed E-state index contributed by atoms with van der Waals surface area (Å²) < 4.78 is 5.22. The molecule has 112 valence electrons. The van der Waals surface area contributed by atoms with Gasteiger partial charge in [-0.2, -0.15) is 0 Å². The Morgan fingerprint density at radius 2 is 2.14 bits per heavy atom. The minimum atomic E-state index is -0.777. The Morgan fingerprint density at radius 3 is 2.91 bits per heavy atom. The van der Waals surface area contributed by atoms with Gasteiger partial charge >= 0.3 is 5.97 Å². The number of fused-ring (bicyclic) bond motifs is 1. The maximum Gasteiger partial charge on any atom is 0.339 e. The lowest BCUT2D eigenvalue weighted by atomic mass is 9.98. The molecule has 0 spiro atoms. The molecule has 0 bridgehead atoms. The number of aromatic nitrogens is 1. The molecule has 0 saturated heterocycles. The van der Waals surface area contributed by atoms with E-state index >= 15 is 0 Å². The van der Waals surface area contributed by atoms with Crippen LogP contribution < -0.4 is 5.32 Å². The highest BCUT2D eigenvalue weighted by Crippen LogP contribution is 2.20. The number of nitrogens with zero attached hydrogens (tertiary/aromatic N) is 1. The number of hydrogen-bond acceptors (Lipinski definition) is 4. The van der Waals surface area contributed by atoms with E-state index in [9.17, 15) is 9.59 Å². The predicted molar refractivity (Wildman–Crippen MR) is 80.2 cm³/mol. The summed E-state index contributed by atoms with van der Waals surface area (Å²) in [5, 5.41) is 2.78. The molecule has 2 aromatic rings. The second-order valence-electron chi connectivity index (χ2n) is 5.28. The van der Waals surface area contributed by atoms with Crippen LogP contribution in [-0.4, -0.2) is 23.0 Å². The Morgan fingerprint density at radius 1 is 1.32 bits per heavy atom. The first-order chi connectivity index (χ1) is 10.6. The largest absolute Gasteiger partial charge is 0.448 e. The summed E-state index contributed by atoms with van der Waals surface area (Å²) in [7, 11) is 0. The van der Waals surface area contributed by atoms with Gasteiger partial charge in [-0.3, -0.25) is 9.78 Å². The third kappa shape index (κ3) is 2.98. The van der Waals surface area contributed by atoms with Crippen LogP contribution >= 0.6 is 0 Å². The molecular weight excluding hydrogens is 280 g/mol. The number of nitrogens with one attached hydrogen (secondary N) is 1. The molecule has 1 aromatic carbocycles. The van der Waals surface area contributed by atoms with E-state index in [1.54, 1.807) is 18.3 Å². The van der Waals surface area contributed by atoms with Gasteiger partial charge in [0.15, 0.2) is 6.10 Å². The van der Waals surface area contributed by atoms with E-state index in [0.29, 0.717) is 18.5 Å². The second kappa shape index (κ2) is 5.97. The van der Waals surface area contributed by atoms with Crippen LogP contribution in [0.4, 0.5) is 0 Å². The highest BCUT2D eigenvalue weighted by Gasteiger charge is 2.30. The predicted octanol–water partition coefficient (Wildman–Crippen LogP) is 1.79. The summed E-state index contributed by atoms with van der Waals surface area (Å²) in [5.41, 5.74) is 3.21. The van der Waals surface area contributed by atoms with Crippen molar-refractivity contribution in [1.82, 2.24) is 10.3 Å². The molecule has 1 atom stereocenters. The maximum absolute atomic E-state index is 12.2. The number of amides is 1. The van der Waals surface area contributed by atoms with Crippen LogP contribution in [0, 0.1) is 6.92 Å². The van der Waals surface area contributed by atoms with Crippen molar-refractivity contribution in [2.45, 2.75) is 26.0 Å². The zero-order valence-corrected chi connectivity index (χ0v) is 12.2. The zero-order valence-electron chi connectivity index (χ0n) is 12.2. The van der Waals surface area contributed by atoms with Crippen molar-refractivity contribution in [2.75, 3.05) is 0 Å². The molecule has 2 heterocycles. The Balaban J connectivity index is 1.64. The first-order valence-electron chi connectivity index (χ1n) is 7.11. The standard InChI is InChI=1S/C17H16N2O3/c1-11-6-7-12(9-18-11)10-19-16(20)15-8-13-4-2-3-5-14(13)17(21)22-15/h2-7,9,15H,8,10H2,1H3,(H,19,20). The number of rotatable bonds is 3. The van der Waals surface area contributed by atoms with Crippen LogP contribution in [0.2, 0.25) is 0 Å². The van der Waals surface area contributed by atoms with Crippen LogP contribution in [0.3, 0.4) is 0 Å². The summed E-state index contributed by atoms with van der Waals surface area (Å²) in [6.07, 6.45) is 1.35. The van der Waals surface area contributed by atoms with Crippen LogP contribution in [-0.2, 0) is 22.5 Å². The van der Waals surface area contributed by atoms with E-state index in [2.05, 4.69) is 10.3 Å². The van der Waals surface area contributed by atoms with Gasteiger partial charge in [0.1, 0.15) is 0 Å². The summed E-state index contributed by atoms with van der Waals surface area (Å²) in [4.78, 5) is 28.3. The van der Waals surface area contributed by atoms with E-state index in [0.717, 1.165) is 16.8 Å². The summed E-state index contributed by atoms with van der Waals surface area (Å²) in [6, 6.07) is 11.0. The Labute approximate surface area is 128 Å². The molecule has 1 aliphatic heterocycles. The smallest absolute Gasteiger partial charge is 0.339 e. The normalized spacial score (nSPS) is 16.6. The van der Waals surface area contributed by atoms with Gasteiger partial charge < -0.3 is 10.1 Å². The first-order valence-corrected chi connectivity index (χ1v) is 7.11. The Hall–Kier alpha value is -2.69. The molecule has 3 rings (SSSR count). The van der Waals surface area contributed by atoms with Crippen LogP contribution in [0.25, 0.3) is 0 Å². The third-order valence-corrected chi connectivity index (χ3v) is 3.62. The molecule has 22 heavy (non-hydrogen) atoms. The van der Waals surface area contributed by atoms with Gasteiger partial charge in [-0.05, 0) is 30.2 Å². The highest BCUT2D eigenvalue weighted by molar-refractivity contribution is 5.95. The van der Waals surface area contributed by atoms with E-state index in [4.69, 9.17) is 4.74 Å². The fourth-order valence-corrected chi connectivity index (χ4v) is 2.38. The number of aryl methyl sites for hydroxylation is 1. The first kappa shape index (κ1) is 14.3. The number of carbonyl (C=O) groups is 2. The Bertz CT molecular complexity index is 710. The third-order valence-electron chi connectivity index (χ3n) is 3.62. The number of esters is 1. The lowest BCUT2D eigenvalue weighted by molar-refractivity contribution is -0.130.